The first kappa shape index (κ1) is 20.7. The number of carbonyl (C=O) groups excluding carboxylic acids is 1. The van der Waals surface area contributed by atoms with E-state index in [0.717, 1.165) is 0 Å². The van der Waals surface area contributed by atoms with Crippen LogP contribution in [0.2, 0.25) is 0 Å². The summed E-state index contributed by atoms with van der Waals surface area (Å²) < 4.78 is 20.9. The normalized spacial score (nSPS) is 10.6. The standard InChI is InChI=1S/C22H16FN5O4/c1-32-22-25-20(18-10-2-3-11-19(18)23)27(26-22)16-8-5-7-15(13-16)24-21(29)14-6-4-9-17(12-14)28(30)31/h2-13H,1H3,(H,24,29). The van der Waals surface area contributed by atoms with Gasteiger partial charge >= 0.3 is 6.01 Å². The van der Waals surface area contributed by atoms with Gasteiger partial charge in [0, 0.05) is 23.4 Å². The zero-order chi connectivity index (χ0) is 22.7. The number of rotatable bonds is 6. The van der Waals surface area contributed by atoms with Gasteiger partial charge in [-0.05, 0) is 36.4 Å². The average Bonchev–Trinajstić information content (AvgIpc) is 3.24. The number of nitrogens with one attached hydrogen (secondary N) is 1. The molecule has 4 aromatic rings. The molecule has 0 saturated heterocycles. The van der Waals surface area contributed by atoms with E-state index in [0.29, 0.717) is 11.4 Å². The summed E-state index contributed by atoms with van der Waals surface area (Å²) in [5.74, 6) is -0.766. The Morgan fingerprint density at radius 1 is 1.09 bits per heavy atom. The van der Waals surface area contributed by atoms with Crippen molar-refractivity contribution in [2.24, 2.45) is 0 Å². The van der Waals surface area contributed by atoms with Crippen molar-refractivity contribution in [1.82, 2.24) is 14.8 Å². The van der Waals surface area contributed by atoms with Gasteiger partial charge in [0.1, 0.15) is 5.82 Å². The van der Waals surface area contributed by atoms with Crippen molar-refractivity contribution in [3.05, 3.63) is 94.3 Å². The van der Waals surface area contributed by atoms with Crippen molar-refractivity contribution < 1.29 is 18.8 Å². The Morgan fingerprint density at radius 2 is 1.88 bits per heavy atom. The van der Waals surface area contributed by atoms with E-state index in [1.165, 1.54) is 42.1 Å². The number of halogens is 1. The summed E-state index contributed by atoms with van der Waals surface area (Å²) in [5, 5.41) is 17.9. The Balaban J connectivity index is 1.68. The van der Waals surface area contributed by atoms with Crippen LogP contribution in [0.15, 0.2) is 72.8 Å². The molecule has 0 spiro atoms. The Labute approximate surface area is 181 Å². The third-order valence-electron chi connectivity index (χ3n) is 4.55. The third kappa shape index (κ3) is 4.15. The molecule has 0 radical (unpaired) electrons. The molecule has 0 aliphatic heterocycles. The highest BCUT2D eigenvalue weighted by Crippen LogP contribution is 2.27. The van der Waals surface area contributed by atoms with Gasteiger partial charge in [-0.25, -0.2) is 9.07 Å². The second-order valence-corrected chi connectivity index (χ2v) is 6.63. The van der Waals surface area contributed by atoms with Crippen LogP contribution >= 0.6 is 0 Å². The number of non-ortho nitro benzene ring substituents is 1. The lowest BCUT2D eigenvalue weighted by atomic mass is 10.1. The molecule has 0 atom stereocenters. The largest absolute Gasteiger partial charge is 0.466 e. The molecule has 4 rings (SSSR count). The molecule has 10 heteroatoms. The fraction of sp³-hybridized carbons (Fsp3) is 0.0455. The Morgan fingerprint density at radius 3 is 2.62 bits per heavy atom. The number of nitrogens with zero attached hydrogens (tertiary/aromatic N) is 4. The highest BCUT2D eigenvalue weighted by atomic mass is 19.1. The van der Waals surface area contributed by atoms with Crippen molar-refractivity contribution in [2.75, 3.05) is 12.4 Å². The summed E-state index contributed by atoms with van der Waals surface area (Å²) >= 11 is 0. The van der Waals surface area contributed by atoms with Crippen molar-refractivity contribution in [3.63, 3.8) is 0 Å². The fourth-order valence-electron chi connectivity index (χ4n) is 3.06. The summed E-state index contributed by atoms with van der Waals surface area (Å²) in [6.45, 7) is 0. The molecular weight excluding hydrogens is 417 g/mol. The lowest BCUT2D eigenvalue weighted by Crippen LogP contribution is -2.12. The maximum absolute atomic E-state index is 14.4. The average molecular weight is 433 g/mol. The van der Waals surface area contributed by atoms with E-state index in [-0.39, 0.29) is 28.6 Å². The van der Waals surface area contributed by atoms with E-state index in [1.807, 2.05) is 0 Å². The summed E-state index contributed by atoms with van der Waals surface area (Å²) in [6, 6.07) is 18.3. The molecule has 0 saturated carbocycles. The number of benzene rings is 3. The third-order valence-corrected chi connectivity index (χ3v) is 4.55. The molecule has 1 N–H and O–H groups in total. The molecule has 0 aliphatic carbocycles. The van der Waals surface area contributed by atoms with Gasteiger partial charge in [-0.15, -0.1) is 5.10 Å². The first-order valence-corrected chi connectivity index (χ1v) is 9.38. The highest BCUT2D eigenvalue weighted by Gasteiger charge is 2.18. The topological polar surface area (TPSA) is 112 Å². The van der Waals surface area contributed by atoms with E-state index in [1.54, 1.807) is 42.5 Å². The molecule has 9 nitrogen and oxygen atoms in total. The monoisotopic (exact) mass is 433 g/mol. The Bertz CT molecular complexity index is 1320. The molecule has 1 amide bonds. The lowest BCUT2D eigenvalue weighted by molar-refractivity contribution is -0.384. The molecule has 0 fully saturated rings. The van der Waals surface area contributed by atoms with Crippen LogP contribution in [0.3, 0.4) is 0 Å². The molecule has 1 heterocycles. The van der Waals surface area contributed by atoms with E-state index < -0.39 is 16.6 Å². The Hall–Kier alpha value is -4.60. The number of aromatic nitrogens is 3. The van der Waals surface area contributed by atoms with E-state index in [2.05, 4.69) is 15.4 Å². The molecular formula is C22H16FN5O4. The Kier molecular flexibility index (Phi) is 5.58. The zero-order valence-corrected chi connectivity index (χ0v) is 16.7. The van der Waals surface area contributed by atoms with Gasteiger partial charge in [0.25, 0.3) is 11.6 Å². The maximum atomic E-state index is 14.4. The van der Waals surface area contributed by atoms with Crippen LogP contribution in [0, 0.1) is 15.9 Å². The highest BCUT2D eigenvalue weighted by molar-refractivity contribution is 6.04. The van der Waals surface area contributed by atoms with Crippen LogP contribution in [-0.4, -0.2) is 32.7 Å². The molecule has 1 aromatic heterocycles. The van der Waals surface area contributed by atoms with Crippen molar-refractivity contribution in [1.29, 1.82) is 0 Å². The fourth-order valence-corrected chi connectivity index (χ4v) is 3.06. The first-order valence-electron chi connectivity index (χ1n) is 9.38. The number of carbonyl (C=O) groups is 1. The molecule has 0 bridgehead atoms. The van der Waals surface area contributed by atoms with Gasteiger partial charge in [-0.1, -0.05) is 24.3 Å². The summed E-state index contributed by atoms with van der Waals surface area (Å²) in [5.41, 5.74) is 1.09. The van der Waals surface area contributed by atoms with E-state index >= 15 is 0 Å². The quantitative estimate of drug-likeness (QED) is 0.359. The minimum Gasteiger partial charge on any atom is -0.466 e. The number of ether oxygens (including phenoxy) is 1. The molecule has 3 aromatic carbocycles. The van der Waals surface area contributed by atoms with Crippen LogP contribution < -0.4 is 10.1 Å². The van der Waals surface area contributed by atoms with E-state index in [4.69, 9.17) is 4.74 Å². The van der Waals surface area contributed by atoms with Gasteiger partial charge < -0.3 is 10.1 Å². The van der Waals surface area contributed by atoms with Gasteiger partial charge in [-0.3, -0.25) is 14.9 Å². The van der Waals surface area contributed by atoms with Gasteiger partial charge in [0.15, 0.2) is 5.82 Å². The number of hydrogen-bond donors (Lipinski definition) is 1. The predicted molar refractivity (Wildman–Crippen MR) is 114 cm³/mol. The summed E-state index contributed by atoms with van der Waals surface area (Å²) in [4.78, 5) is 27.2. The van der Waals surface area contributed by atoms with E-state index in [9.17, 15) is 19.3 Å². The molecule has 0 aliphatic rings. The SMILES string of the molecule is COc1nc(-c2ccccc2F)n(-c2cccc(NC(=O)c3cccc([N+](=O)[O-])c3)c2)n1. The van der Waals surface area contributed by atoms with Crippen LogP contribution in [0.5, 0.6) is 6.01 Å². The number of anilines is 1. The molecule has 32 heavy (non-hydrogen) atoms. The molecule has 0 unspecified atom stereocenters. The van der Waals surface area contributed by atoms with Crippen LogP contribution in [0.1, 0.15) is 10.4 Å². The van der Waals surface area contributed by atoms with Gasteiger partial charge in [-0.2, -0.15) is 4.98 Å². The summed E-state index contributed by atoms with van der Waals surface area (Å²) in [6.07, 6.45) is 0. The second-order valence-electron chi connectivity index (χ2n) is 6.63. The lowest BCUT2D eigenvalue weighted by Gasteiger charge is -2.10. The van der Waals surface area contributed by atoms with Gasteiger partial charge in [0.2, 0.25) is 0 Å². The minimum atomic E-state index is -0.570. The maximum Gasteiger partial charge on any atom is 0.336 e. The van der Waals surface area contributed by atoms with Gasteiger partial charge in [0.05, 0.1) is 23.3 Å². The minimum absolute atomic E-state index is 0.0503. The number of amides is 1. The number of methoxy groups -OCH3 is 1. The van der Waals surface area contributed by atoms with Crippen molar-refractivity contribution >= 4 is 17.3 Å². The first-order chi connectivity index (χ1) is 15.5. The number of nitro benzene ring substituents is 1. The van der Waals surface area contributed by atoms with Crippen LogP contribution in [0.25, 0.3) is 17.1 Å². The van der Waals surface area contributed by atoms with Crippen LogP contribution in [-0.2, 0) is 0 Å². The number of nitro groups is 1. The molecule has 160 valence electrons. The van der Waals surface area contributed by atoms with Crippen molar-refractivity contribution in [3.8, 4) is 23.1 Å². The second kappa shape index (κ2) is 8.64. The van der Waals surface area contributed by atoms with Crippen molar-refractivity contribution in [2.45, 2.75) is 0 Å². The smallest absolute Gasteiger partial charge is 0.336 e. The van der Waals surface area contributed by atoms with Crippen LogP contribution in [0.4, 0.5) is 15.8 Å². The zero-order valence-electron chi connectivity index (χ0n) is 16.7. The number of hydrogen-bond acceptors (Lipinski definition) is 6. The summed E-state index contributed by atoms with van der Waals surface area (Å²) in [7, 11) is 1.40. The predicted octanol–water partition coefficient (Wildman–Crippen LogP) is 4.24.